The molecule has 5 nitrogen and oxygen atoms in total. The van der Waals surface area contributed by atoms with Crippen LogP contribution in [0.3, 0.4) is 0 Å². The lowest BCUT2D eigenvalue weighted by Gasteiger charge is -2.26. The number of hydrogen-bond acceptors (Lipinski definition) is 4. The van der Waals surface area contributed by atoms with Crippen LogP contribution in [0.5, 0.6) is 0 Å². The molecule has 0 spiro atoms. The molecule has 1 amide bonds. The van der Waals surface area contributed by atoms with Gasteiger partial charge < -0.3 is 15.0 Å². The minimum absolute atomic E-state index is 0.0139. The molecule has 0 bridgehead atoms. The van der Waals surface area contributed by atoms with Gasteiger partial charge in [-0.25, -0.2) is 0 Å². The summed E-state index contributed by atoms with van der Waals surface area (Å²) in [5, 5.41) is 3.23. The number of hydrogen-bond donors (Lipinski definition) is 1. The highest BCUT2D eigenvalue weighted by molar-refractivity contribution is 5.84. The van der Waals surface area contributed by atoms with Gasteiger partial charge in [0.1, 0.15) is 6.54 Å². The van der Waals surface area contributed by atoms with Gasteiger partial charge in [-0.15, -0.1) is 0 Å². The van der Waals surface area contributed by atoms with E-state index in [4.69, 9.17) is 4.74 Å². The number of ether oxygens (including phenoxy) is 1. The van der Waals surface area contributed by atoms with Crippen molar-refractivity contribution in [3.05, 3.63) is 0 Å². The van der Waals surface area contributed by atoms with Gasteiger partial charge in [0.05, 0.1) is 12.5 Å². The Morgan fingerprint density at radius 2 is 2.06 bits per heavy atom. The zero-order chi connectivity index (χ0) is 13.1. The summed E-state index contributed by atoms with van der Waals surface area (Å²) in [5.74, 6) is 0.181. The van der Waals surface area contributed by atoms with E-state index in [1.807, 2.05) is 0 Å². The number of rotatable bonds is 5. The molecule has 0 radical (unpaired) electrons. The Kier molecular flexibility index (Phi) is 4.22. The molecule has 2 unspecified atom stereocenters. The van der Waals surface area contributed by atoms with Crippen molar-refractivity contribution in [1.82, 2.24) is 10.2 Å². The first-order valence-electron chi connectivity index (χ1n) is 6.80. The predicted octanol–water partition coefficient (Wildman–Crippen LogP) is 0.396. The molecule has 2 atom stereocenters. The second-order valence-corrected chi connectivity index (χ2v) is 5.24. The van der Waals surface area contributed by atoms with Crippen molar-refractivity contribution in [1.29, 1.82) is 0 Å². The van der Waals surface area contributed by atoms with Crippen LogP contribution in [0.15, 0.2) is 0 Å². The van der Waals surface area contributed by atoms with Crippen LogP contribution in [-0.2, 0) is 14.3 Å². The molecule has 1 heterocycles. The number of nitrogens with one attached hydrogen (secondary N) is 1. The molecule has 1 aliphatic carbocycles. The largest absolute Gasteiger partial charge is 0.465 e. The number of amides is 1. The van der Waals surface area contributed by atoms with Crippen LogP contribution in [0, 0.1) is 11.8 Å². The molecule has 1 saturated carbocycles. The smallest absolute Gasteiger partial charge is 0.325 e. The lowest BCUT2D eigenvalue weighted by atomic mass is 9.96. The molecular formula is C13H22N2O3. The first-order valence-corrected chi connectivity index (χ1v) is 6.80. The standard InChI is InChI=1S/C13H22N2O3/c1-3-18-12(16)8-15(10-4-5-10)13(17)11-7-14-6-9(11)2/h9-11,14H,3-8H2,1-2H3. The van der Waals surface area contributed by atoms with Crippen molar-refractivity contribution in [3.8, 4) is 0 Å². The minimum atomic E-state index is -0.295. The van der Waals surface area contributed by atoms with Crippen LogP contribution in [0.1, 0.15) is 26.7 Å². The van der Waals surface area contributed by atoms with Crippen molar-refractivity contribution in [3.63, 3.8) is 0 Å². The zero-order valence-electron chi connectivity index (χ0n) is 11.1. The summed E-state index contributed by atoms with van der Waals surface area (Å²) in [4.78, 5) is 25.7. The molecule has 0 aromatic carbocycles. The predicted molar refractivity (Wildman–Crippen MR) is 66.9 cm³/mol. The van der Waals surface area contributed by atoms with E-state index >= 15 is 0 Å². The van der Waals surface area contributed by atoms with Crippen molar-refractivity contribution in [2.45, 2.75) is 32.7 Å². The number of carbonyl (C=O) groups excluding carboxylic acids is 2. The second-order valence-electron chi connectivity index (χ2n) is 5.24. The van der Waals surface area contributed by atoms with Gasteiger partial charge in [0.15, 0.2) is 0 Å². The highest BCUT2D eigenvalue weighted by Crippen LogP contribution is 2.30. The first-order chi connectivity index (χ1) is 8.63. The molecule has 5 heteroatoms. The molecule has 2 rings (SSSR count). The van der Waals surface area contributed by atoms with Crippen LogP contribution in [0.4, 0.5) is 0 Å². The van der Waals surface area contributed by atoms with Gasteiger partial charge >= 0.3 is 5.97 Å². The third kappa shape index (κ3) is 3.02. The summed E-state index contributed by atoms with van der Waals surface area (Å²) in [6.07, 6.45) is 2.03. The van der Waals surface area contributed by atoms with Crippen LogP contribution >= 0.6 is 0 Å². The quantitative estimate of drug-likeness (QED) is 0.721. The average molecular weight is 254 g/mol. The Morgan fingerprint density at radius 1 is 1.33 bits per heavy atom. The number of esters is 1. The molecule has 2 aliphatic rings. The van der Waals surface area contributed by atoms with Crippen LogP contribution in [0.25, 0.3) is 0 Å². The van der Waals surface area contributed by atoms with Crippen LogP contribution in [-0.4, -0.2) is 49.1 Å². The summed E-state index contributed by atoms with van der Waals surface area (Å²) in [6.45, 7) is 5.95. The highest BCUT2D eigenvalue weighted by atomic mass is 16.5. The van der Waals surface area contributed by atoms with Gasteiger partial charge in [-0.3, -0.25) is 9.59 Å². The summed E-state index contributed by atoms with van der Waals surface area (Å²) < 4.78 is 4.94. The Bertz CT molecular complexity index is 328. The first kappa shape index (κ1) is 13.3. The fourth-order valence-corrected chi connectivity index (χ4v) is 2.47. The van der Waals surface area contributed by atoms with Crippen molar-refractivity contribution >= 4 is 11.9 Å². The summed E-state index contributed by atoms with van der Waals surface area (Å²) >= 11 is 0. The fourth-order valence-electron chi connectivity index (χ4n) is 2.47. The number of carbonyl (C=O) groups is 2. The maximum absolute atomic E-state index is 12.5. The van der Waals surface area contributed by atoms with E-state index in [0.29, 0.717) is 12.5 Å². The van der Waals surface area contributed by atoms with Crippen molar-refractivity contribution in [2.75, 3.05) is 26.2 Å². The van der Waals surface area contributed by atoms with E-state index in [0.717, 1.165) is 25.9 Å². The van der Waals surface area contributed by atoms with Gasteiger partial charge in [-0.1, -0.05) is 6.92 Å². The maximum atomic E-state index is 12.5. The molecule has 0 aromatic rings. The third-order valence-corrected chi connectivity index (χ3v) is 3.71. The van der Waals surface area contributed by atoms with Crippen LogP contribution in [0.2, 0.25) is 0 Å². The normalized spacial score (nSPS) is 27.0. The topological polar surface area (TPSA) is 58.6 Å². The van der Waals surface area contributed by atoms with E-state index in [9.17, 15) is 9.59 Å². The monoisotopic (exact) mass is 254 g/mol. The summed E-state index contributed by atoms with van der Waals surface area (Å²) in [6, 6.07) is 0.259. The van der Waals surface area contributed by atoms with Crippen LogP contribution < -0.4 is 5.32 Å². The Balaban J connectivity index is 1.96. The molecular weight excluding hydrogens is 232 g/mol. The Hall–Kier alpha value is -1.10. The van der Waals surface area contributed by atoms with E-state index in [1.165, 1.54) is 0 Å². The maximum Gasteiger partial charge on any atom is 0.325 e. The Morgan fingerprint density at radius 3 is 2.56 bits per heavy atom. The average Bonchev–Trinajstić information content (AvgIpc) is 3.08. The molecule has 102 valence electrons. The van der Waals surface area contributed by atoms with Crippen molar-refractivity contribution < 1.29 is 14.3 Å². The fraction of sp³-hybridized carbons (Fsp3) is 0.846. The van der Waals surface area contributed by atoms with E-state index in [-0.39, 0.29) is 30.4 Å². The zero-order valence-corrected chi connectivity index (χ0v) is 11.1. The lowest BCUT2D eigenvalue weighted by Crippen LogP contribution is -2.43. The lowest BCUT2D eigenvalue weighted by molar-refractivity contribution is -0.150. The van der Waals surface area contributed by atoms with Gasteiger partial charge in [0, 0.05) is 12.6 Å². The summed E-state index contributed by atoms with van der Waals surface area (Å²) in [5.41, 5.74) is 0. The van der Waals surface area contributed by atoms with E-state index < -0.39 is 0 Å². The van der Waals surface area contributed by atoms with E-state index in [1.54, 1.807) is 11.8 Å². The molecule has 1 N–H and O–H groups in total. The minimum Gasteiger partial charge on any atom is -0.465 e. The SMILES string of the molecule is CCOC(=O)CN(C(=O)C1CNCC1C)C1CC1. The molecule has 2 fully saturated rings. The molecule has 1 aliphatic heterocycles. The molecule has 18 heavy (non-hydrogen) atoms. The highest BCUT2D eigenvalue weighted by Gasteiger charge is 2.40. The van der Waals surface area contributed by atoms with E-state index in [2.05, 4.69) is 12.2 Å². The molecule has 0 aromatic heterocycles. The number of nitrogens with zero attached hydrogens (tertiary/aromatic N) is 1. The second kappa shape index (κ2) is 5.69. The third-order valence-electron chi connectivity index (χ3n) is 3.71. The van der Waals surface area contributed by atoms with Gasteiger partial charge in [-0.05, 0) is 32.2 Å². The van der Waals surface area contributed by atoms with Gasteiger partial charge in [0.2, 0.25) is 5.91 Å². The summed E-state index contributed by atoms with van der Waals surface area (Å²) in [7, 11) is 0. The van der Waals surface area contributed by atoms with Crippen molar-refractivity contribution in [2.24, 2.45) is 11.8 Å². The molecule has 1 saturated heterocycles. The van der Waals surface area contributed by atoms with Gasteiger partial charge in [-0.2, -0.15) is 0 Å². The Labute approximate surface area is 108 Å². The van der Waals surface area contributed by atoms with Gasteiger partial charge in [0.25, 0.3) is 0 Å².